The van der Waals surface area contributed by atoms with E-state index in [-0.39, 0.29) is 35.9 Å². The van der Waals surface area contributed by atoms with Crippen molar-refractivity contribution in [3.05, 3.63) is 35.9 Å². The van der Waals surface area contributed by atoms with Crippen molar-refractivity contribution in [2.45, 2.75) is 76.9 Å². The number of ketones is 2. The van der Waals surface area contributed by atoms with Gasteiger partial charge in [0.1, 0.15) is 12.4 Å². The highest BCUT2D eigenvalue weighted by Gasteiger charge is 2.50. The minimum atomic E-state index is -0.629. The Labute approximate surface area is 178 Å². The Balaban J connectivity index is 1.35. The summed E-state index contributed by atoms with van der Waals surface area (Å²) in [5.74, 6) is -0.0212. The first kappa shape index (κ1) is 21.2. The summed E-state index contributed by atoms with van der Waals surface area (Å²) in [6.07, 6.45) is 9.25. The zero-order chi connectivity index (χ0) is 21.0. The molecule has 4 rings (SSSR count). The quantitative estimate of drug-likeness (QED) is 0.667. The Kier molecular flexibility index (Phi) is 6.67. The van der Waals surface area contributed by atoms with E-state index < -0.39 is 6.04 Å². The molecular formula is C25H33NO4. The van der Waals surface area contributed by atoms with E-state index in [1.54, 1.807) is 0 Å². The van der Waals surface area contributed by atoms with E-state index in [0.717, 1.165) is 44.1 Å². The average Bonchev–Trinajstić information content (AvgIpc) is 3.38. The minimum Gasteiger partial charge on any atom is -0.369 e. The second-order valence-corrected chi connectivity index (χ2v) is 9.59. The molecule has 1 aromatic carbocycles. The van der Waals surface area contributed by atoms with Crippen molar-refractivity contribution in [1.82, 2.24) is 5.32 Å². The van der Waals surface area contributed by atoms with Crippen LogP contribution in [0.4, 0.5) is 0 Å². The number of amides is 1. The molecule has 30 heavy (non-hydrogen) atoms. The fourth-order valence-corrected chi connectivity index (χ4v) is 5.16. The Bertz CT molecular complexity index is 771. The van der Waals surface area contributed by atoms with Gasteiger partial charge < -0.3 is 10.1 Å². The molecule has 0 aliphatic heterocycles. The maximum Gasteiger partial charge on any atom is 0.223 e. The largest absolute Gasteiger partial charge is 0.369 e. The number of hydrogen-bond donors (Lipinski definition) is 1. The highest BCUT2D eigenvalue weighted by atomic mass is 16.5. The van der Waals surface area contributed by atoms with Gasteiger partial charge in [-0.25, -0.2) is 0 Å². The van der Waals surface area contributed by atoms with E-state index in [1.165, 1.54) is 12.8 Å². The Morgan fingerprint density at radius 2 is 1.90 bits per heavy atom. The molecule has 3 atom stereocenters. The molecule has 162 valence electrons. The first-order chi connectivity index (χ1) is 14.5. The first-order valence-electron chi connectivity index (χ1n) is 11.5. The Morgan fingerprint density at radius 1 is 1.10 bits per heavy atom. The third-order valence-electron chi connectivity index (χ3n) is 7.29. The lowest BCUT2D eigenvalue weighted by Gasteiger charge is -2.26. The molecule has 1 spiro atoms. The second-order valence-electron chi connectivity index (χ2n) is 9.59. The fourth-order valence-electron chi connectivity index (χ4n) is 5.16. The third-order valence-corrected chi connectivity index (χ3v) is 7.29. The van der Waals surface area contributed by atoms with Crippen LogP contribution in [-0.2, 0) is 25.7 Å². The molecule has 1 amide bonds. The SMILES string of the molecule is O=C1CCCC[C@H]1C[C@H](NC(=O)[C@H]1CCC2(CC2)C1)C(=O)COCc1ccccc1. The standard InChI is InChI=1S/C25H33NO4/c27-22-9-5-4-8-19(22)14-21(23(28)17-30-16-18-6-2-1-3-7-18)26-24(29)20-10-11-25(15-20)12-13-25/h1-3,6-7,19-21H,4-5,8-17H2,(H,26,29)/t19-,20-,21-/m0/s1. The predicted octanol–water partition coefficient (Wildman–Crippen LogP) is 3.99. The van der Waals surface area contributed by atoms with Gasteiger partial charge in [0.15, 0.2) is 5.78 Å². The molecule has 5 heteroatoms. The van der Waals surface area contributed by atoms with Gasteiger partial charge in [-0.2, -0.15) is 0 Å². The maximum atomic E-state index is 13.0. The summed E-state index contributed by atoms with van der Waals surface area (Å²) in [6.45, 7) is 0.316. The molecule has 0 radical (unpaired) electrons. The normalized spacial score (nSPS) is 25.8. The first-order valence-corrected chi connectivity index (χ1v) is 11.5. The molecule has 0 aromatic heterocycles. The van der Waals surface area contributed by atoms with Crippen LogP contribution in [0.3, 0.4) is 0 Å². The van der Waals surface area contributed by atoms with E-state index in [2.05, 4.69) is 5.32 Å². The molecule has 0 bridgehead atoms. The van der Waals surface area contributed by atoms with Gasteiger partial charge in [0.2, 0.25) is 5.91 Å². The van der Waals surface area contributed by atoms with E-state index in [9.17, 15) is 14.4 Å². The van der Waals surface area contributed by atoms with Crippen molar-refractivity contribution in [2.75, 3.05) is 6.61 Å². The van der Waals surface area contributed by atoms with Crippen molar-refractivity contribution in [1.29, 1.82) is 0 Å². The summed E-state index contributed by atoms with van der Waals surface area (Å²) in [4.78, 5) is 38.2. The smallest absolute Gasteiger partial charge is 0.223 e. The molecule has 3 aliphatic carbocycles. The Morgan fingerprint density at radius 3 is 2.60 bits per heavy atom. The average molecular weight is 412 g/mol. The van der Waals surface area contributed by atoms with Crippen molar-refractivity contribution < 1.29 is 19.1 Å². The number of carbonyl (C=O) groups is 3. The molecule has 3 fully saturated rings. The molecule has 0 heterocycles. The van der Waals surface area contributed by atoms with Gasteiger partial charge in [-0.3, -0.25) is 14.4 Å². The lowest BCUT2D eigenvalue weighted by molar-refractivity contribution is -0.134. The van der Waals surface area contributed by atoms with E-state index >= 15 is 0 Å². The van der Waals surface area contributed by atoms with Gasteiger partial charge in [0.05, 0.1) is 12.6 Å². The Hall–Kier alpha value is -2.01. The molecule has 3 saturated carbocycles. The van der Waals surface area contributed by atoms with Crippen LogP contribution in [0, 0.1) is 17.3 Å². The topological polar surface area (TPSA) is 72.5 Å². The van der Waals surface area contributed by atoms with Gasteiger partial charge in [-0.15, -0.1) is 0 Å². The molecule has 1 aromatic rings. The predicted molar refractivity (Wildman–Crippen MR) is 114 cm³/mol. The number of ether oxygens (including phenoxy) is 1. The van der Waals surface area contributed by atoms with E-state index in [0.29, 0.717) is 24.9 Å². The monoisotopic (exact) mass is 411 g/mol. The number of nitrogens with one attached hydrogen (secondary N) is 1. The van der Waals surface area contributed by atoms with Crippen molar-refractivity contribution in [2.24, 2.45) is 17.3 Å². The number of benzene rings is 1. The number of carbonyl (C=O) groups excluding carboxylic acids is 3. The summed E-state index contributed by atoms with van der Waals surface area (Å²) >= 11 is 0. The zero-order valence-corrected chi connectivity index (χ0v) is 17.7. The lowest BCUT2D eigenvalue weighted by Crippen LogP contribution is -2.46. The van der Waals surface area contributed by atoms with Crippen molar-refractivity contribution in [3.8, 4) is 0 Å². The lowest BCUT2D eigenvalue weighted by atomic mass is 9.83. The van der Waals surface area contributed by atoms with Crippen LogP contribution in [0.2, 0.25) is 0 Å². The summed E-state index contributed by atoms with van der Waals surface area (Å²) in [5, 5.41) is 3.02. The van der Waals surface area contributed by atoms with Crippen LogP contribution in [0.5, 0.6) is 0 Å². The number of Topliss-reactive ketones (excluding diaryl/α,β-unsaturated/α-hetero) is 2. The zero-order valence-electron chi connectivity index (χ0n) is 17.7. The van der Waals surface area contributed by atoms with Crippen LogP contribution in [0.15, 0.2) is 30.3 Å². The molecule has 1 N–H and O–H groups in total. The fraction of sp³-hybridized carbons (Fsp3) is 0.640. The second kappa shape index (κ2) is 9.42. The van der Waals surface area contributed by atoms with Crippen LogP contribution >= 0.6 is 0 Å². The van der Waals surface area contributed by atoms with Crippen molar-refractivity contribution in [3.63, 3.8) is 0 Å². The number of hydrogen-bond acceptors (Lipinski definition) is 4. The molecule has 0 saturated heterocycles. The molecular weight excluding hydrogens is 378 g/mol. The maximum absolute atomic E-state index is 13.0. The van der Waals surface area contributed by atoms with Gasteiger partial charge in [0.25, 0.3) is 0 Å². The highest BCUT2D eigenvalue weighted by molar-refractivity contribution is 5.91. The van der Waals surface area contributed by atoms with Crippen molar-refractivity contribution >= 4 is 17.5 Å². The van der Waals surface area contributed by atoms with Gasteiger partial charge in [-0.05, 0) is 62.3 Å². The van der Waals surface area contributed by atoms with Crippen LogP contribution in [0.25, 0.3) is 0 Å². The molecule has 0 unspecified atom stereocenters. The van der Waals surface area contributed by atoms with Crippen LogP contribution in [-0.4, -0.2) is 30.1 Å². The van der Waals surface area contributed by atoms with E-state index in [4.69, 9.17) is 4.74 Å². The van der Waals surface area contributed by atoms with Gasteiger partial charge in [0, 0.05) is 18.3 Å². The number of rotatable bonds is 9. The van der Waals surface area contributed by atoms with Crippen LogP contribution in [0.1, 0.15) is 69.8 Å². The van der Waals surface area contributed by atoms with Gasteiger partial charge >= 0.3 is 0 Å². The third kappa shape index (κ3) is 5.37. The molecule has 5 nitrogen and oxygen atoms in total. The summed E-state index contributed by atoms with van der Waals surface area (Å²) in [7, 11) is 0. The summed E-state index contributed by atoms with van der Waals surface area (Å²) in [5.41, 5.74) is 1.42. The van der Waals surface area contributed by atoms with Gasteiger partial charge in [-0.1, -0.05) is 36.8 Å². The van der Waals surface area contributed by atoms with Crippen LogP contribution < -0.4 is 5.32 Å². The minimum absolute atomic E-state index is 0.00935. The molecule has 3 aliphatic rings. The highest BCUT2D eigenvalue weighted by Crippen LogP contribution is 2.59. The van der Waals surface area contributed by atoms with E-state index in [1.807, 2.05) is 30.3 Å². The summed E-state index contributed by atoms with van der Waals surface area (Å²) in [6, 6.07) is 9.10. The summed E-state index contributed by atoms with van der Waals surface area (Å²) < 4.78 is 5.64.